The van der Waals surface area contributed by atoms with Gasteiger partial charge in [-0.2, -0.15) is 18.3 Å². The fourth-order valence-electron chi connectivity index (χ4n) is 2.27. The van der Waals surface area contributed by atoms with Crippen LogP contribution in [0, 0.1) is 0 Å². The van der Waals surface area contributed by atoms with E-state index in [1.807, 2.05) is 0 Å². The topological polar surface area (TPSA) is 70.4 Å². The SMILES string of the molecule is CCOC(=O)CC(=O)c1cn(Cc2ccc(OC)cc2)nc1C(F)(F)F. The van der Waals surface area contributed by atoms with E-state index in [0.29, 0.717) is 11.3 Å². The Balaban J connectivity index is 2.27. The van der Waals surface area contributed by atoms with Gasteiger partial charge in [0.2, 0.25) is 0 Å². The number of esters is 1. The van der Waals surface area contributed by atoms with Crippen LogP contribution in [0.3, 0.4) is 0 Å². The highest BCUT2D eigenvalue weighted by Gasteiger charge is 2.39. The third kappa shape index (κ3) is 4.84. The van der Waals surface area contributed by atoms with Gasteiger partial charge in [-0.15, -0.1) is 0 Å². The van der Waals surface area contributed by atoms with Crippen molar-refractivity contribution in [2.24, 2.45) is 0 Å². The number of aromatic nitrogens is 2. The Morgan fingerprint density at radius 2 is 1.85 bits per heavy atom. The number of rotatable bonds is 7. The minimum atomic E-state index is -4.81. The van der Waals surface area contributed by atoms with Crippen molar-refractivity contribution < 1.29 is 32.2 Å². The van der Waals surface area contributed by atoms with Crippen LogP contribution in [0.4, 0.5) is 13.2 Å². The summed E-state index contributed by atoms with van der Waals surface area (Å²) >= 11 is 0. The molecule has 140 valence electrons. The van der Waals surface area contributed by atoms with Gasteiger partial charge in [-0.3, -0.25) is 14.3 Å². The number of carbonyl (C=O) groups is 2. The van der Waals surface area contributed by atoms with Crippen molar-refractivity contribution in [3.8, 4) is 5.75 Å². The molecular weight excluding hydrogens is 353 g/mol. The lowest BCUT2D eigenvalue weighted by atomic mass is 10.1. The number of methoxy groups -OCH3 is 1. The van der Waals surface area contributed by atoms with Crippen LogP contribution >= 0.6 is 0 Å². The number of hydrogen-bond donors (Lipinski definition) is 0. The molecular formula is C17H17F3N2O4. The van der Waals surface area contributed by atoms with Gasteiger partial charge in [-0.25, -0.2) is 0 Å². The molecule has 0 atom stereocenters. The first kappa shape index (κ1) is 19.5. The molecule has 0 saturated heterocycles. The van der Waals surface area contributed by atoms with Crippen molar-refractivity contribution in [2.75, 3.05) is 13.7 Å². The largest absolute Gasteiger partial charge is 0.497 e. The highest BCUT2D eigenvalue weighted by Crippen LogP contribution is 2.31. The van der Waals surface area contributed by atoms with Crippen LogP contribution in [-0.2, 0) is 22.3 Å². The highest BCUT2D eigenvalue weighted by molar-refractivity contribution is 6.06. The molecule has 0 spiro atoms. The van der Waals surface area contributed by atoms with Crippen LogP contribution in [0.15, 0.2) is 30.5 Å². The van der Waals surface area contributed by atoms with E-state index in [-0.39, 0.29) is 13.2 Å². The maximum absolute atomic E-state index is 13.2. The Kier molecular flexibility index (Phi) is 6.01. The van der Waals surface area contributed by atoms with Crippen molar-refractivity contribution in [3.05, 3.63) is 47.3 Å². The Labute approximate surface area is 147 Å². The molecule has 0 fully saturated rings. The summed E-state index contributed by atoms with van der Waals surface area (Å²) in [4.78, 5) is 23.5. The molecule has 0 aliphatic carbocycles. The Hall–Kier alpha value is -2.84. The van der Waals surface area contributed by atoms with E-state index in [2.05, 4.69) is 9.84 Å². The van der Waals surface area contributed by atoms with Crippen molar-refractivity contribution in [2.45, 2.75) is 26.1 Å². The zero-order valence-electron chi connectivity index (χ0n) is 14.2. The van der Waals surface area contributed by atoms with E-state index in [1.54, 1.807) is 24.3 Å². The Morgan fingerprint density at radius 1 is 1.19 bits per heavy atom. The van der Waals surface area contributed by atoms with Gasteiger partial charge >= 0.3 is 12.1 Å². The van der Waals surface area contributed by atoms with Gasteiger partial charge < -0.3 is 9.47 Å². The highest BCUT2D eigenvalue weighted by atomic mass is 19.4. The van der Waals surface area contributed by atoms with Gasteiger partial charge in [0.15, 0.2) is 11.5 Å². The standard InChI is InChI=1S/C17H17F3N2O4/c1-3-26-15(24)8-14(23)13-10-22(21-16(13)17(18,19)20)9-11-4-6-12(25-2)7-5-11/h4-7,10H,3,8-9H2,1-2H3. The summed E-state index contributed by atoms with van der Waals surface area (Å²) in [5.41, 5.74) is -1.30. The van der Waals surface area contributed by atoms with Gasteiger partial charge in [0.1, 0.15) is 12.2 Å². The van der Waals surface area contributed by atoms with Gasteiger partial charge in [0.25, 0.3) is 0 Å². The minimum Gasteiger partial charge on any atom is -0.497 e. The number of hydrogen-bond acceptors (Lipinski definition) is 5. The predicted molar refractivity (Wildman–Crippen MR) is 84.9 cm³/mol. The molecule has 0 amide bonds. The van der Waals surface area contributed by atoms with E-state index in [9.17, 15) is 22.8 Å². The molecule has 2 rings (SSSR count). The van der Waals surface area contributed by atoms with Gasteiger partial charge in [0.05, 0.1) is 25.8 Å². The van der Waals surface area contributed by atoms with Crippen LogP contribution in [-0.4, -0.2) is 35.2 Å². The molecule has 0 aliphatic rings. The number of ether oxygens (including phenoxy) is 2. The van der Waals surface area contributed by atoms with Gasteiger partial charge in [-0.1, -0.05) is 12.1 Å². The lowest BCUT2D eigenvalue weighted by Gasteiger charge is -2.05. The molecule has 9 heteroatoms. The molecule has 0 unspecified atom stereocenters. The molecule has 0 bridgehead atoms. The van der Waals surface area contributed by atoms with Crippen molar-refractivity contribution in [1.82, 2.24) is 9.78 Å². The second-order valence-electron chi connectivity index (χ2n) is 5.34. The monoisotopic (exact) mass is 370 g/mol. The number of nitrogens with zero attached hydrogens (tertiary/aromatic N) is 2. The molecule has 2 aromatic rings. The Morgan fingerprint density at radius 3 is 2.38 bits per heavy atom. The Bertz CT molecular complexity index is 782. The molecule has 0 N–H and O–H groups in total. The predicted octanol–water partition coefficient (Wildman–Crippen LogP) is 3.09. The van der Waals surface area contributed by atoms with Crippen LogP contribution in [0.2, 0.25) is 0 Å². The van der Waals surface area contributed by atoms with Gasteiger partial charge in [-0.05, 0) is 24.6 Å². The fraction of sp³-hybridized carbons (Fsp3) is 0.353. The maximum atomic E-state index is 13.2. The van der Waals surface area contributed by atoms with E-state index in [4.69, 9.17) is 4.74 Å². The van der Waals surface area contributed by atoms with E-state index < -0.39 is 35.6 Å². The molecule has 1 heterocycles. The average molecular weight is 370 g/mol. The number of ketones is 1. The zero-order chi connectivity index (χ0) is 19.3. The van der Waals surface area contributed by atoms with E-state index >= 15 is 0 Å². The molecule has 6 nitrogen and oxygen atoms in total. The van der Waals surface area contributed by atoms with E-state index in [0.717, 1.165) is 10.9 Å². The lowest BCUT2D eigenvalue weighted by Crippen LogP contribution is -2.16. The second kappa shape index (κ2) is 8.03. The molecule has 0 saturated carbocycles. The van der Waals surface area contributed by atoms with Crippen LogP contribution in [0.25, 0.3) is 0 Å². The molecule has 1 aromatic heterocycles. The first-order valence-corrected chi connectivity index (χ1v) is 7.71. The molecule has 26 heavy (non-hydrogen) atoms. The molecule has 1 aromatic carbocycles. The number of halogens is 3. The third-order valence-electron chi connectivity index (χ3n) is 3.44. The maximum Gasteiger partial charge on any atom is 0.435 e. The zero-order valence-corrected chi connectivity index (χ0v) is 14.2. The number of alkyl halides is 3. The van der Waals surface area contributed by atoms with Gasteiger partial charge in [0, 0.05) is 6.20 Å². The first-order valence-electron chi connectivity index (χ1n) is 7.71. The quantitative estimate of drug-likeness (QED) is 0.426. The summed E-state index contributed by atoms with van der Waals surface area (Å²) in [6.07, 6.45) is -4.59. The van der Waals surface area contributed by atoms with Crippen LogP contribution < -0.4 is 4.74 Å². The second-order valence-corrected chi connectivity index (χ2v) is 5.34. The smallest absolute Gasteiger partial charge is 0.435 e. The number of carbonyl (C=O) groups excluding carboxylic acids is 2. The summed E-state index contributed by atoms with van der Waals surface area (Å²) in [6, 6.07) is 6.68. The fourth-order valence-corrected chi connectivity index (χ4v) is 2.27. The summed E-state index contributed by atoms with van der Waals surface area (Å²) in [7, 11) is 1.50. The van der Waals surface area contributed by atoms with Crippen molar-refractivity contribution in [3.63, 3.8) is 0 Å². The summed E-state index contributed by atoms with van der Waals surface area (Å²) < 4.78 is 50.2. The third-order valence-corrected chi connectivity index (χ3v) is 3.44. The van der Waals surface area contributed by atoms with Crippen molar-refractivity contribution in [1.29, 1.82) is 0 Å². The van der Waals surface area contributed by atoms with Crippen molar-refractivity contribution >= 4 is 11.8 Å². The number of benzene rings is 1. The average Bonchev–Trinajstić information content (AvgIpc) is 3.00. The summed E-state index contributed by atoms with van der Waals surface area (Å²) in [6.45, 7) is 1.60. The molecule has 0 aliphatic heterocycles. The van der Waals surface area contributed by atoms with Crippen LogP contribution in [0.5, 0.6) is 5.75 Å². The summed E-state index contributed by atoms with van der Waals surface area (Å²) in [5.74, 6) is -1.26. The summed E-state index contributed by atoms with van der Waals surface area (Å²) in [5, 5.41) is 3.48. The molecule has 0 radical (unpaired) electrons. The van der Waals surface area contributed by atoms with Crippen LogP contribution in [0.1, 0.15) is 35.0 Å². The normalized spacial score (nSPS) is 11.3. The number of Topliss-reactive ketones (excluding diaryl/α,β-unsaturated/α-hetero) is 1. The minimum absolute atomic E-state index is 0.0275. The lowest BCUT2D eigenvalue weighted by molar-refractivity contribution is -0.143. The first-order chi connectivity index (χ1) is 12.2. The van der Waals surface area contributed by atoms with E-state index in [1.165, 1.54) is 14.0 Å².